The van der Waals surface area contributed by atoms with E-state index in [2.05, 4.69) is 16.4 Å². The van der Waals surface area contributed by atoms with Gasteiger partial charge in [0.05, 0.1) is 11.6 Å². The van der Waals surface area contributed by atoms with E-state index in [1.165, 1.54) is 0 Å². The molecule has 19 heavy (non-hydrogen) atoms. The molecule has 0 aliphatic heterocycles. The van der Waals surface area contributed by atoms with E-state index in [-0.39, 0.29) is 0 Å². The van der Waals surface area contributed by atoms with Crippen molar-refractivity contribution in [1.82, 2.24) is 4.98 Å². The van der Waals surface area contributed by atoms with Crippen molar-refractivity contribution in [1.29, 1.82) is 5.26 Å². The highest BCUT2D eigenvalue weighted by Gasteiger charge is 2.08. The molecule has 0 spiro atoms. The average molecular weight is 253 g/mol. The number of hydrogen-bond acceptors (Lipinski definition) is 4. The van der Waals surface area contributed by atoms with Crippen LogP contribution in [0, 0.1) is 25.2 Å². The Labute approximate surface area is 112 Å². The van der Waals surface area contributed by atoms with E-state index < -0.39 is 0 Å². The van der Waals surface area contributed by atoms with Gasteiger partial charge in [-0.2, -0.15) is 5.26 Å². The van der Waals surface area contributed by atoms with Crippen LogP contribution in [0.25, 0.3) is 0 Å². The van der Waals surface area contributed by atoms with Gasteiger partial charge in [0.1, 0.15) is 17.3 Å². The minimum atomic E-state index is 0.646. The van der Waals surface area contributed by atoms with Crippen molar-refractivity contribution in [2.24, 2.45) is 0 Å². The molecular weight excluding hydrogens is 238 g/mol. The Morgan fingerprint density at radius 3 is 2.47 bits per heavy atom. The van der Waals surface area contributed by atoms with Crippen molar-refractivity contribution in [3.05, 3.63) is 47.2 Å². The molecule has 1 aromatic carbocycles. The molecule has 4 nitrogen and oxygen atoms in total. The van der Waals surface area contributed by atoms with E-state index in [0.29, 0.717) is 5.56 Å². The number of hydrogen-bond donors (Lipinski definition) is 1. The van der Waals surface area contributed by atoms with Gasteiger partial charge < -0.3 is 10.1 Å². The van der Waals surface area contributed by atoms with Gasteiger partial charge in [0, 0.05) is 19.3 Å². The van der Waals surface area contributed by atoms with Crippen LogP contribution in [0.4, 0.5) is 5.82 Å². The van der Waals surface area contributed by atoms with Gasteiger partial charge in [-0.3, -0.25) is 0 Å². The van der Waals surface area contributed by atoms with Gasteiger partial charge in [-0.15, -0.1) is 0 Å². The van der Waals surface area contributed by atoms with Gasteiger partial charge >= 0.3 is 0 Å². The topological polar surface area (TPSA) is 57.9 Å². The lowest BCUT2D eigenvalue weighted by Gasteiger charge is -2.12. The molecule has 0 unspecified atom stereocenters. The summed E-state index contributed by atoms with van der Waals surface area (Å²) in [5.74, 6) is 2.25. The average Bonchev–Trinajstić information content (AvgIpc) is 2.42. The monoisotopic (exact) mass is 253 g/mol. The van der Waals surface area contributed by atoms with Crippen LogP contribution in [-0.4, -0.2) is 12.0 Å². The van der Waals surface area contributed by atoms with Crippen molar-refractivity contribution in [2.75, 3.05) is 12.4 Å². The Balaban J connectivity index is 2.36. The second-order valence-electron chi connectivity index (χ2n) is 4.28. The number of rotatable bonds is 3. The molecule has 0 bridgehead atoms. The van der Waals surface area contributed by atoms with Gasteiger partial charge in [-0.25, -0.2) is 4.98 Å². The van der Waals surface area contributed by atoms with E-state index >= 15 is 0 Å². The summed E-state index contributed by atoms with van der Waals surface area (Å²) in [4.78, 5) is 4.14. The third kappa shape index (κ3) is 2.83. The number of nitrogens with zero attached hydrogens (tertiary/aromatic N) is 2. The van der Waals surface area contributed by atoms with Crippen LogP contribution in [0.1, 0.15) is 16.7 Å². The summed E-state index contributed by atoms with van der Waals surface area (Å²) in [7, 11) is 1.81. The number of ether oxygens (including phenoxy) is 1. The van der Waals surface area contributed by atoms with E-state index in [4.69, 9.17) is 10.00 Å². The fourth-order valence-corrected chi connectivity index (χ4v) is 1.91. The van der Waals surface area contributed by atoms with Crippen LogP contribution in [0.15, 0.2) is 30.5 Å². The number of benzene rings is 1. The molecule has 0 saturated carbocycles. The van der Waals surface area contributed by atoms with Gasteiger partial charge in [0.2, 0.25) is 0 Å². The van der Waals surface area contributed by atoms with Crippen LogP contribution in [0.5, 0.6) is 11.5 Å². The number of nitrogens with one attached hydrogen (secondary N) is 1. The van der Waals surface area contributed by atoms with Gasteiger partial charge in [0.15, 0.2) is 0 Å². The smallest absolute Gasteiger partial charge is 0.133 e. The van der Waals surface area contributed by atoms with Gasteiger partial charge in [-0.1, -0.05) is 0 Å². The Morgan fingerprint density at radius 1 is 1.21 bits per heavy atom. The molecule has 0 amide bonds. The van der Waals surface area contributed by atoms with Crippen LogP contribution < -0.4 is 10.1 Å². The SMILES string of the molecule is CNc1cc(Oc2c(C)cc(C#N)cc2C)ccn1. The Hall–Kier alpha value is -2.54. The molecule has 0 aliphatic carbocycles. The Morgan fingerprint density at radius 2 is 1.89 bits per heavy atom. The normalized spacial score (nSPS) is 9.79. The number of pyridine rings is 1. The predicted molar refractivity (Wildman–Crippen MR) is 74.5 cm³/mol. The quantitative estimate of drug-likeness (QED) is 0.910. The lowest BCUT2D eigenvalue weighted by molar-refractivity contribution is 0.474. The zero-order valence-electron chi connectivity index (χ0n) is 11.2. The van der Waals surface area contributed by atoms with Crippen LogP contribution in [0.3, 0.4) is 0 Å². The van der Waals surface area contributed by atoms with Crippen LogP contribution in [0.2, 0.25) is 0 Å². The standard InChI is InChI=1S/C15H15N3O/c1-10-6-12(9-16)7-11(2)15(10)19-13-4-5-18-14(8-13)17-3/h4-8H,1-3H3,(H,17,18). The molecule has 2 aromatic rings. The van der Waals surface area contributed by atoms with Crippen LogP contribution in [-0.2, 0) is 0 Å². The highest BCUT2D eigenvalue weighted by Crippen LogP contribution is 2.30. The largest absolute Gasteiger partial charge is 0.457 e. The maximum absolute atomic E-state index is 8.93. The lowest BCUT2D eigenvalue weighted by atomic mass is 10.1. The molecule has 4 heteroatoms. The summed E-state index contributed by atoms with van der Waals surface area (Å²) in [5.41, 5.74) is 2.53. The molecule has 0 atom stereocenters. The van der Waals surface area contributed by atoms with Crippen LogP contribution >= 0.6 is 0 Å². The van der Waals surface area contributed by atoms with E-state index in [0.717, 1.165) is 28.4 Å². The molecule has 0 saturated heterocycles. The Kier molecular flexibility index (Phi) is 3.67. The fourth-order valence-electron chi connectivity index (χ4n) is 1.91. The van der Waals surface area contributed by atoms with Crippen molar-refractivity contribution >= 4 is 5.82 Å². The number of nitriles is 1. The highest BCUT2D eigenvalue weighted by atomic mass is 16.5. The first kappa shape index (κ1) is 12.9. The molecule has 0 fully saturated rings. The number of aryl methyl sites for hydroxylation is 2. The molecule has 0 radical (unpaired) electrons. The summed E-state index contributed by atoms with van der Waals surface area (Å²) < 4.78 is 5.89. The first-order valence-corrected chi connectivity index (χ1v) is 5.97. The summed E-state index contributed by atoms with van der Waals surface area (Å²) >= 11 is 0. The van der Waals surface area contributed by atoms with E-state index in [9.17, 15) is 0 Å². The zero-order valence-corrected chi connectivity index (χ0v) is 11.2. The second kappa shape index (κ2) is 5.40. The molecular formula is C15H15N3O. The molecule has 1 N–H and O–H groups in total. The third-order valence-electron chi connectivity index (χ3n) is 2.80. The maximum atomic E-state index is 8.93. The third-order valence-corrected chi connectivity index (χ3v) is 2.80. The summed E-state index contributed by atoms with van der Waals surface area (Å²) in [6, 6.07) is 9.42. The molecule has 1 aromatic heterocycles. The lowest BCUT2D eigenvalue weighted by Crippen LogP contribution is -1.95. The zero-order chi connectivity index (χ0) is 13.8. The number of aromatic nitrogens is 1. The summed E-state index contributed by atoms with van der Waals surface area (Å²) in [5, 5.41) is 11.9. The number of anilines is 1. The van der Waals surface area contributed by atoms with Crippen molar-refractivity contribution in [3.63, 3.8) is 0 Å². The summed E-state index contributed by atoms with van der Waals surface area (Å²) in [6.45, 7) is 3.87. The predicted octanol–water partition coefficient (Wildman–Crippen LogP) is 3.40. The van der Waals surface area contributed by atoms with Crippen molar-refractivity contribution in [2.45, 2.75) is 13.8 Å². The van der Waals surface area contributed by atoms with E-state index in [1.54, 1.807) is 12.3 Å². The van der Waals surface area contributed by atoms with Crippen molar-refractivity contribution in [3.8, 4) is 17.6 Å². The fraction of sp³-hybridized carbons (Fsp3) is 0.200. The molecule has 96 valence electrons. The minimum absolute atomic E-state index is 0.646. The molecule has 0 aliphatic rings. The van der Waals surface area contributed by atoms with Crippen molar-refractivity contribution < 1.29 is 4.74 Å². The molecule has 2 rings (SSSR count). The maximum Gasteiger partial charge on any atom is 0.133 e. The van der Waals surface area contributed by atoms with Gasteiger partial charge in [-0.05, 0) is 43.2 Å². The first-order valence-electron chi connectivity index (χ1n) is 5.97. The first-order chi connectivity index (χ1) is 9.13. The molecule has 1 heterocycles. The van der Waals surface area contributed by atoms with E-state index in [1.807, 2.05) is 39.1 Å². The highest BCUT2D eigenvalue weighted by molar-refractivity contribution is 5.50. The minimum Gasteiger partial charge on any atom is -0.457 e. The second-order valence-corrected chi connectivity index (χ2v) is 4.28. The van der Waals surface area contributed by atoms with Gasteiger partial charge in [0.25, 0.3) is 0 Å². The summed E-state index contributed by atoms with van der Waals surface area (Å²) in [6.07, 6.45) is 1.69. The Bertz CT molecular complexity index is 621.